The molecule has 0 atom stereocenters. The van der Waals surface area contributed by atoms with Crippen LogP contribution in [0.25, 0.3) is 0 Å². The lowest BCUT2D eigenvalue weighted by Gasteiger charge is -2.26. The number of aryl methyl sites for hydroxylation is 1. The number of guanidine groups is 1. The number of halogens is 1. The lowest BCUT2D eigenvalue weighted by atomic mass is 9.85. The predicted molar refractivity (Wildman–Crippen MR) is 109 cm³/mol. The van der Waals surface area contributed by atoms with Gasteiger partial charge in [-0.2, -0.15) is 0 Å². The van der Waals surface area contributed by atoms with Gasteiger partial charge in [0.2, 0.25) is 0 Å². The molecule has 24 heavy (non-hydrogen) atoms. The van der Waals surface area contributed by atoms with Crippen LogP contribution in [0.2, 0.25) is 0 Å². The molecular weight excluding hydrogens is 415 g/mol. The van der Waals surface area contributed by atoms with Crippen LogP contribution in [-0.4, -0.2) is 34.3 Å². The smallest absolute Gasteiger partial charge is 0.191 e. The van der Waals surface area contributed by atoms with Crippen molar-refractivity contribution < 1.29 is 0 Å². The van der Waals surface area contributed by atoms with Gasteiger partial charge in [-0.1, -0.05) is 44.2 Å². The maximum absolute atomic E-state index is 4.27. The van der Waals surface area contributed by atoms with Gasteiger partial charge < -0.3 is 15.2 Å². The first kappa shape index (κ1) is 20.4. The van der Waals surface area contributed by atoms with E-state index in [4.69, 9.17) is 0 Å². The molecule has 0 aliphatic heterocycles. The average Bonchev–Trinajstić information content (AvgIpc) is 2.88. The molecule has 0 saturated carbocycles. The van der Waals surface area contributed by atoms with Crippen LogP contribution >= 0.6 is 24.0 Å². The van der Waals surface area contributed by atoms with Crippen LogP contribution in [0, 0.1) is 6.92 Å². The Balaban J connectivity index is 0.00000288. The lowest BCUT2D eigenvalue weighted by Crippen LogP contribution is -2.43. The van der Waals surface area contributed by atoms with Crippen LogP contribution in [-0.2, 0) is 19.0 Å². The van der Waals surface area contributed by atoms with Crippen molar-refractivity contribution in [2.45, 2.75) is 32.7 Å². The number of aromatic nitrogens is 3. The van der Waals surface area contributed by atoms with Gasteiger partial charge in [-0.3, -0.25) is 4.99 Å². The average molecular weight is 442 g/mol. The molecule has 7 heteroatoms. The maximum Gasteiger partial charge on any atom is 0.191 e. The largest absolute Gasteiger partial charge is 0.356 e. The fourth-order valence-electron chi connectivity index (χ4n) is 2.28. The molecule has 1 heterocycles. The SMILES string of the molecule is CN=C(NCc1nnc(C)n1C)NCC(C)(C)c1ccccc1.I. The molecule has 1 aromatic carbocycles. The number of rotatable bonds is 5. The van der Waals surface area contributed by atoms with E-state index in [0.717, 1.165) is 24.2 Å². The molecule has 2 N–H and O–H groups in total. The molecule has 0 aliphatic carbocycles. The van der Waals surface area contributed by atoms with E-state index in [2.05, 4.69) is 63.9 Å². The van der Waals surface area contributed by atoms with E-state index >= 15 is 0 Å². The Morgan fingerprint density at radius 1 is 1.17 bits per heavy atom. The Bertz CT molecular complexity index is 663. The Morgan fingerprint density at radius 2 is 1.83 bits per heavy atom. The molecule has 0 bridgehead atoms. The fourth-order valence-corrected chi connectivity index (χ4v) is 2.28. The fraction of sp³-hybridized carbons (Fsp3) is 0.471. The molecule has 2 rings (SSSR count). The molecular formula is C17H27IN6. The molecule has 0 spiro atoms. The molecule has 0 aliphatic rings. The van der Waals surface area contributed by atoms with Crippen molar-refractivity contribution in [3.05, 3.63) is 47.5 Å². The highest BCUT2D eigenvalue weighted by molar-refractivity contribution is 14.0. The summed E-state index contributed by atoms with van der Waals surface area (Å²) >= 11 is 0. The Kier molecular flexibility index (Phi) is 7.65. The summed E-state index contributed by atoms with van der Waals surface area (Å²) < 4.78 is 1.97. The van der Waals surface area contributed by atoms with Crippen molar-refractivity contribution in [2.75, 3.05) is 13.6 Å². The van der Waals surface area contributed by atoms with Crippen molar-refractivity contribution in [1.29, 1.82) is 0 Å². The first-order chi connectivity index (χ1) is 10.9. The normalized spacial score (nSPS) is 11.8. The summed E-state index contributed by atoms with van der Waals surface area (Å²) in [7, 11) is 3.73. The molecule has 0 radical (unpaired) electrons. The molecule has 0 unspecified atom stereocenters. The Morgan fingerprint density at radius 3 is 2.38 bits per heavy atom. The van der Waals surface area contributed by atoms with Crippen LogP contribution in [0.4, 0.5) is 0 Å². The van der Waals surface area contributed by atoms with Crippen molar-refractivity contribution in [3.8, 4) is 0 Å². The number of nitrogens with one attached hydrogen (secondary N) is 2. The zero-order valence-electron chi connectivity index (χ0n) is 15.0. The third-order valence-electron chi connectivity index (χ3n) is 4.07. The van der Waals surface area contributed by atoms with Crippen molar-refractivity contribution in [3.63, 3.8) is 0 Å². The minimum Gasteiger partial charge on any atom is -0.356 e. The van der Waals surface area contributed by atoms with Crippen LogP contribution in [0.5, 0.6) is 0 Å². The summed E-state index contributed by atoms with van der Waals surface area (Å²) in [6.45, 7) is 7.74. The molecule has 0 saturated heterocycles. The summed E-state index contributed by atoms with van der Waals surface area (Å²) in [6.07, 6.45) is 0. The summed E-state index contributed by atoms with van der Waals surface area (Å²) in [4.78, 5) is 4.27. The van der Waals surface area contributed by atoms with Crippen LogP contribution < -0.4 is 10.6 Å². The number of benzene rings is 1. The number of hydrogen-bond donors (Lipinski definition) is 2. The second kappa shape index (κ2) is 9.00. The van der Waals surface area contributed by atoms with Gasteiger partial charge >= 0.3 is 0 Å². The van der Waals surface area contributed by atoms with E-state index in [1.807, 2.05) is 24.6 Å². The first-order valence-corrected chi connectivity index (χ1v) is 7.79. The molecule has 132 valence electrons. The van der Waals surface area contributed by atoms with E-state index in [-0.39, 0.29) is 29.4 Å². The number of aliphatic imine (C=N–C) groups is 1. The Hall–Kier alpha value is -1.64. The minimum atomic E-state index is 0. The third-order valence-corrected chi connectivity index (χ3v) is 4.07. The van der Waals surface area contributed by atoms with Crippen LogP contribution in [0.1, 0.15) is 31.1 Å². The highest BCUT2D eigenvalue weighted by Gasteiger charge is 2.20. The summed E-state index contributed by atoms with van der Waals surface area (Å²) in [5, 5.41) is 14.9. The van der Waals surface area contributed by atoms with Gasteiger partial charge in [-0.05, 0) is 12.5 Å². The second-order valence-electron chi connectivity index (χ2n) is 6.25. The zero-order chi connectivity index (χ0) is 16.9. The molecule has 1 aromatic heterocycles. The lowest BCUT2D eigenvalue weighted by molar-refractivity contribution is 0.508. The zero-order valence-corrected chi connectivity index (χ0v) is 17.3. The van der Waals surface area contributed by atoms with E-state index in [0.29, 0.717) is 6.54 Å². The van der Waals surface area contributed by atoms with Gasteiger partial charge in [0.05, 0.1) is 6.54 Å². The maximum atomic E-state index is 4.27. The summed E-state index contributed by atoms with van der Waals surface area (Å²) in [5.74, 6) is 2.54. The standard InChI is InChI=1S/C17H26N6.HI/c1-13-21-22-15(23(13)5)11-19-16(18-4)20-12-17(2,3)14-9-7-6-8-10-14;/h6-10H,11-12H2,1-5H3,(H2,18,19,20);1H. The van der Waals surface area contributed by atoms with Gasteiger partial charge in [0.15, 0.2) is 11.8 Å². The first-order valence-electron chi connectivity index (χ1n) is 7.79. The van der Waals surface area contributed by atoms with Crippen molar-refractivity contribution >= 4 is 29.9 Å². The molecule has 0 fully saturated rings. The predicted octanol–water partition coefficient (Wildman–Crippen LogP) is 2.38. The van der Waals surface area contributed by atoms with Gasteiger partial charge in [0.1, 0.15) is 5.82 Å². The third kappa shape index (κ3) is 5.19. The summed E-state index contributed by atoms with van der Waals surface area (Å²) in [5.41, 5.74) is 1.31. The number of hydrogen-bond acceptors (Lipinski definition) is 3. The van der Waals surface area contributed by atoms with E-state index in [9.17, 15) is 0 Å². The number of nitrogens with zero attached hydrogens (tertiary/aromatic N) is 4. The van der Waals surface area contributed by atoms with Gasteiger partial charge in [-0.25, -0.2) is 0 Å². The van der Waals surface area contributed by atoms with Crippen LogP contribution in [0.3, 0.4) is 0 Å². The Labute approximate surface area is 161 Å². The highest BCUT2D eigenvalue weighted by Crippen LogP contribution is 2.21. The van der Waals surface area contributed by atoms with Gasteiger partial charge in [-0.15, -0.1) is 34.2 Å². The quantitative estimate of drug-likeness (QED) is 0.424. The second-order valence-corrected chi connectivity index (χ2v) is 6.25. The molecule has 6 nitrogen and oxygen atoms in total. The van der Waals surface area contributed by atoms with Crippen LogP contribution in [0.15, 0.2) is 35.3 Å². The van der Waals surface area contributed by atoms with Gasteiger partial charge in [0, 0.05) is 26.1 Å². The monoisotopic (exact) mass is 442 g/mol. The topological polar surface area (TPSA) is 67.1 Å². The molecule has 0 amide bonds. The van der Waals surface area contributed by atoms with Crippen molar-refractivity contribution in [1.82, 2.24) is 25.4 Å². The highest BCUT2D eigenvalue weighted by atomic mass is 127. The molecule has 2 aromatic rings. The van der Waals surface area contributed by atoms with Crippen molar-refractivity contribution in [2.24, 2.45) is 12.0 Å². The van der Waals surface area contributed by atoms with E-state index in [1.165, 1.54) is 5.56 Å². The summed E-state index contributed by atoms with van der Waals surface area (Å²) in [6, 6.07) is 10.5. The van der Waals surface area contributed by atoms with Gasteiger partial charge in [0.25, 0.3) is 0 Å². The van der Waals surface area contributed by atoms with E-state index < -0.39 is 0 Å². The minimum absolute atomic E-state index is 0. The van der Waals surface area contributed by atoms with E-state index in [1.54, 1.807) is 7.05 Å².